The first-order valence-corrected chi connectivity index (χ1v) is 5.11. The zero-order chi connectivity index (χ0) is 10.8. The van der Waals surface area contributed by atoms with E-state index in [0.29, 0.717) is 28.8 Å². The predicted molar refractivity (Wildman–Crippen MR) is 59.0 cm³/mol. The molecule has 0 saturated carbocycles. The number of halogens is 2. The molecule has 0 spiro atoms. The van der Waals surface area contributed by atoms with E-state index < -0.39 is 0 Å². The third kappa shape index (κ3) is 2.02. The normalized spacial score (nSPS) is 10.8. The van der Waals surface area contributed by atoms with Gasteiger partial charge in [0.15, 0.2) is 0 Å². The Hall–Kier alpha value is -1.35. The Morgan fingerprint density at radius 1 is 1.33 bits per heavy atom. The summed E-state index contributed by atoms with van der Waals surface area (Å²) in [5.41, 5.74) is 1.07. The molecule has 1 aromatic heterocycles. The second kappa shape index (κ2) is 4.03. The lowest BCUT2D eigenvalue weighted by Gasteiger charge is -2.01. The third-order valence-electron chi connectivity index (χ3n) is 2.25. The fourth-order valence-corrected chi connectivity index (χ4v) is 1.71. The average molecular weight is 226 g/mol. The molecule has 2 aromatic rings. The number of aromatic amines is 1. The van der Waals surface area contributed by atoms with Crippen LogP contribution in [0.3, 0.4) is 0 Å². The van der Waals surface area contributed by atoms with Gasteiger partial charge in [-0.25, -0.2) is 4.39 Å². The van der Waals surface area contributed by atoms with E-state index in [1.165, 1.54) is 12.1 Å². The number of aryl methyl sites for hydroxylation is 1. The first kappa shape index (κ1) is 10.2. The maximum Gasteiger partial charge on any atom is 0.251 e. The minimum Gasteiger partial charge on any atom is -0.322 e. The Bertz CT molecular complexity index is 550. The van der Waals surface area contributed by atoms with Gasteiger partial charge in [-0.2, -0.15) is 0 Å². The van der Waals surface area contributed by atoms with E-state index in [9.17, 15) is 9.18 Å². The van der Waals surface area contributed by atoms with Crippen LogP contribution in [0.2, 0.25) is 0 Å². The lowest BCUT2D eigenvalue weighted by Crippen LogP contribution is -2.12. The third-order valence-corrected chi connectivity index (χ3v) is 2.44. The van der Waals surface area contributed by atoms with Gasteiger partial charge in [0.1, 0.15) is 5.82 Å². The maximum absolute atomic E-state index is 12.9. The standard InChI is InChI=1S/C11H9ClFNO/c12-4-3-7-5-8-6-9(13)1-2-10(8)14-11(7)15/h1-2,5-6H,3-4H2,(H,14,15). The Morgan fingerprint density at radius 2 is 2.13 bits per heavy atom. The van der Waals surface area contributed by atoms with Gasteiger partial charge >= 0.3 is 0 Å². The van der Waals surface area contributed by atoms with Crippen LogP contribution in [0, 0.1) is 5.82 Å². The minimum atomic E-state index is -0.314. The molecule has 0 aliphatic heterocycles. The number of rotatable bonds is 2. The molecule has 1 heterocycles. The summed E-state index contributed by atoms with van der Waals surface area (Å²) in [5.74, 6) is 0.0653. The monoisotopic (exact) mass is 225 g/mol. The molecule has 1 N–H and O–H groups in total. The summed E-state index contributed by atoms with van der Waals surface area (Å²) in [6.45, 7) is 0. The Labute approximate surface area is 90.7 Å². The molecule has 78 valence electrons. The Balaban J connectivity index is 2.66. The molecular formula is C11H9ClFNO. The minimum absolute atomic E-state index is 0.158. The van der Waals surface area contributed by atoms with Gasteiger partial charge in [-0.3, -0.25) is 4.79 Å². The maximum atomic E-state index is 12.9. The van der Waals surface area contributed by atoms with Crippen molar-refractivity contribution in [2.75, 3.05) is 5.88 Å². The first-order chi connectivity index (χ1) is 7.20. The molecule has 2 nitrogen and oxygen atoms in total. The second-order valence-corrected chi connectivity index (χ2v) is 3.67. The molecule has 0 aliphatic rings. The highest BCUT2D eigenvalue weighted by atomic mass is 35.5. The highest BCUT2D eigenvalue weighted by Crippen LogP contribution is 2.13. The molecular weight excluding hydrogens is 217 g/mol. The van der Waals surface area contributed by atoms with Crippen molar-refractivity contribution in [3.63, 3.8) is 0 Å². The summed E-state index contributed by atoms with van der Waals surface area (Å²) in [4.78, 5) is 14.2. The average Bonchev–Trinajstić information content (AvgIpc) is 2.20. The van der Waals surface area contributed by atoms with Crippen molar-refractivity contribution in [1.82, 2.24) is 4.98 Å². The van der Waals surface area contributed by atoms with E-state index in [1.54, 1.807) is 12.1 Å². The molecule has 0 saturated heterocycles. The van der Waals surface area contributed by atoms with Crippen LogP contribution < -0.4 is 5.56 Å². The lowest BCUT2D eigenvalue weighted by molar-refractivity contribution is 0.629. The highest BCUT2D eigenvalue weighted by Gasteiger charge is 2.02. The van der Waals surface area contributed by atoms with Gasteiger partial charge in [0.25, 0.3) is 5.56 Å². The Kier molecular flexibility index (Phi) is 2.73. The molecule has 0 fully saturated rings. The fraction of sp³-hybridized carbons (Fsp3) is 0.182. The SMILES string of the molecule is O=c1[nH]c2ccc(F)cc2cc1CCCl. The van der Waals surface area contributed by atoms with Crippen LogP contribution in [0.1, 0.15) is 5.56 Å². The number of benzene rings is 1. The molecule has 0 aliphatic carbocycles. The number of hydrogen-bond donors (Lipinski definition) is 1. The summed E-state index contributed by atoms with van der Waals surface area (Å²) < 4.78 is 12.9. The molecule has 0 atom stereocenters. The largest absolute Gasteiger partial charge is 0.322 e. The molecule has 0 amide bonds. The number of nitrogens with one attached hydrogen (secondary N) is 1. The predicted octanol–water partition coefficient (Wildman–Crippen LogP) is 2.45. The van der Waals surface area contributed by atoms with E-state index in [2.05, 4.69) is 4.98 Å². The van der Waals surface area contributed by atoms with Crippen LogP contribution in [-0.2, 0) is 6.42 Å². The van der Waals surface area contributed by atoms with Crippen molar-refractivity contribution in [3.8, 4) is 0 Å². The molecule has 0 bridgehead atoms. The topological polar surface area (TPSA) is 32.9 Å². The highest BCUT2D eigenvalue weighted by molar-refractivity contribution is 6.18. The van der Waals surface area contributed by atoms with Gasteiger partial charge in [0.05, 0.1) is 0 Å². The van der Waals surface area contributed by atoms with Gasteiger partial charge < -0.3 is 4.98 Å². The van der Waals surface area contributed by atoms with E-state index in [-0.39, 0.29) is 11.4 Å². The van der Waals surface area contributed by atoms with Gasteiger partial charge in [0.2, 0.25) is 0 Å². The molecule has 0 radical (unpaired) electrons. The lowest BCUT2D eigenvalue weighted by atomic mass is 10.1. The smallest absolute Gasteiger partial charge is 0.251 e. The summed E-state index contributed by atoms with van der Waals surface area (Å²) in [5, 5.41) is 0.690. The molecule has 4 heteroatoms. The molecule has 15 heavy (non-hydrogen) atoms. The number of fused-ring (bicyclic) bond motifs is 1. The van der Waals surface area contributed by atoms with Gasteiger partial charge in [-0.05, 0) is 30.7 Å². The first-order valence-electron chi connectivity index (χ1n) is 4.58. The quantitative estimate of drug-likeness (QED) is 0.783. The fourth-order valence-electron chi connectivity index (χ4n) is 1.51. The molecule has 2 rings (SSSR count). The number of H-pyrrole nitrogens is 1. The van der Waals surface area contributed by atoms with Crippen LogP contribution in [0.4, 0.5) is 4.39 Å². The van der Waals surface area contributed by atoms with Crippen molar-refractivity contribution >= 4 is 22.5 Å². The Morgan fingerprint density at radius 3 is 2.87 bits per heavy atom. The van der Waals surface area contributed by atoms with E-state index in [0.717, 1.165) is 0 Å². The van der Waals surface area contributed by atoms with Crippen molar-refractivity contribution in [2.24, 2.45) is 0 Å². The van der Waals surface area contributed by atoms with Crippen LogP contribution in [0.5, 0.6) is 0 Å². The number of alkyl halides is 1. The molecule has 0 unspecified atom stereocenters. The second-order valence-electron chi connectivity index (χ2n) is 3.29. The summed E-state index contributed by atoms with van der Waals surface area (Å²) >= 11 is 5.56. The van der Waals surface area contributed by atoms with Crippen LogP contribution in [0.15, 0.2) is 29.1 Å². The van der Waals surface area contributed by atoms with Gasteiger partial charge in [-0.1, -0.05) is 0 Å². The summed E-state index contributed by atoms with van der Waals surface area (Å²) in [7, 11) is 0. The summed E-state index contributed by atoms with van der Waals surface area (Å²) in [6.07, 6.45) is 0.489. The zero-order valence-electron chi connectivity index (χ0n) is 7.89. The number of hydrogen-bond acceptors (Lipinski definition) is 1. The summed E-state index contributed by atoms with van der Waals surface area (Å²) in [6, 6.07) is 5.94. The van der Waals surface area contributed by atoms with Crippen molar-refractivity contribution < 1.29 is 4.39 Å². The van der Waals surface area contributed by atoms with Crippen LogP contribution >= 0.6 is 11.6 Å². The number of aromatic nitrogens is 1. The van der Waals surface area contributed by atoms with Gasteiger partial charge in [0, 0.05) is 22.3 Å². The van der Waals surface area contributed by atoms with E-state index in [4.69, 9.17) is 11.6 Å². The van der Waals surface area contributed by atoms with Crippen LogP contribution in [-0.4, -0.2) is 10.9 Å². The van der Waals surface area contributed by atoms with Crippen molar-refractivity contribution in [2.45, 2.75) is 6.42 Å². The van der Waals surface area contributed by atoms with E-state index in [1.807, 2.05) is 0 Å². The van der Waals surface area contributed by atoms with Gasteiger partial charge in [-0.15, -0.1) is 11.6 Å². The van der Waals surface area contributed by atoms with Crippen molar-refractivity contribution in [3.05, 3.63) is 46.0 Å². The van der Waals surface area contributed by atoms with Crippen molar-refractivity contribution in [1.29, 1.82) is 0 Å². The molecule has 1 aromatic carbocycles. The zero-order valence-corrected chi connectivity index (χ0v) is 8.64. The van der Waals surface area contributed by atoms with E-state index >= 15 is 0 Å². The van der Waals surface area contributed by atoms with Crippen LogP contribution in [0.25, 0.3) is 10.9 Å². The number of pyridine rings is 1.